The van der Waals surface area contributed by atoms with E-state index in [0.717, 1.165) is 4.47 Å². The highest BCUT2D eigenvalue weighted by Crippen LogP contribution is 2.29. The maximum atomic E-state index is 12.1. The number of ether oxygens (including phenoxy) is 1. The molecule has 134 valence electrons. The lowest BCUT2D eigenvalue weighted by molar-refractivity contribution is -0.137. The van der Waals surface area contributed by atoms with Gasteiger partial charge in [-0.15, -0.1) is 0 Å². The summed E-state index contributed by atoms with van der Waals surface area (Å²) in [6.07, 6.45) is 2.70. The first-order chi connectivity index (χ1) is 12.4. The molecule has 2 aliphatic rings. The third-order valence-corrected chi connectivity index (χ3v) is 4.44. The third-order valence-electron chi connectivity index (χ3n) is 3.95. The largest absolute Gasteiger partial charge is 0.481 e. The van der Waals surface area contributed by atoms with Crippen LogP contribution in [0, 0.1) is 0 Å². The van der Waals surface area contributed by atoms with Gasteiger partial charge in [0, 0.05) is 16.9 Å². The third kappa shape index (κ3) is 3.38. The lowest BCUT2D eigenvalue weighted by Crippen LogP contribution is -2.19. The maximum Gasteiger partial charge on any atom is 0.341 e. The molecule has 0 amide bonds. The van der Waals surface area contributed by atoms with Crippen molar-refractivity contribution in [2.45, 2.75) is 12.5 Å². The Balaban J connectivity index is 2.23. The van der Waals surface area contributed by atoms with Crippen LogP contribution in [0.2, 0.25) is 0 Å². The summed E-state index contributed by atoms with van der Waals surface area (Å²) in [6.45, 7) is 0. The van der Waals surface area contributed by atoms with E-state index in [9.17, 15) is 19.5 Å². The van der Waals surface area contributed by atoms with Crippen LogP contribution in [0.3, 0.4) is 0 Å². The summed E-state index contributed by atoms with van der Waals surface area (Å²) in [7, 11) is 1.22. The van der Waals surface area contributed by atoms with Gasteiger partial charge in [0.2, 0.25) is 0 Å². The summed E-state index contributed by atoms with van der Waals surface area (Å²) in [5.74, 6) is -1.68. The van der Waals surface area contributed by atoms with E-state index in [-0.39, 0.29) is 23.2 Å². The minimum atomic E-state index is -1.02. The second-order valence-corrected chi connectivity index (χ2v) is 6.51. The summed E-state index contributed by atoms with van der Waals surface area (Å²) in [5, 5.41) is 15.5. The molecule has 2 aliphatic heterocycles. The topological polar surface area (TPSA) is 114 Å². The van der Waals surface area contributed by atoms with E-state index in [4.69, 9.17) is 4.74 Å². The molecule has 1 atom stereocenters. The van der Waals surface area contributed by atoms with Gasteiger partial charge in [0.15, 0.2) is 0 Å². The highest BCUT2D eigenvalue weighted by atomic mass is 79.9. The molecular formula is C17H14BrN3O5. The predicted molar refractivity (Wildman–Crippen MR) is 95.3 cm³/mol. The van der Waals surface area contributed by atoms with Crippen molar-refractivity contribution < 1.29 is 19.4 Å². The summed E-state index contributed by atoms with van der Waals surface area (Å²) in [4.78, 5) is 35.5. The Bertz CT molecular complexity index is 1010. The first-order valence-corrected chi connectivity index (χ1v) is 8.35. The molecule has 26 heavy (non-hydrogen) atoms. The van der Waals surface area contributed by atoms with E-state index < -0.39 is 23.5 Å². The smallest absolute Gasteiger partial charge is 0.341 e. The van der Waals surface area contributed by atoms with Crippen molar-refractivity contribution in [1.29, 1.82) is 0 Å². The van der Waals surface area contributed by atoms with Crippen molar-refractivity contribution >= 4 is 27.9 Å². The number of benzene rings is 1. The summed E-state index contributed by atoms with van der Waals surface area (Å²) in [6, 6.07) is 6.54. The Labute approximate surface area is 155 Å². The van der Waals surface area contributed by atoms with Gasteiger partial charge in [0.1, 0.15) is 11.3 Å². The van der Waals surface area contributed by atoms with Crippen LogP contribution < -0.4 is 5.56 Å². The molecule has 0 unspecified atom stereocenters. The number of aromatic nitrogens is 3. The molecule has 0 saturated heterocycles. The van der Waals surface area contributed by atoms with Crippen LogP contribution in [0.15, 0.2) is 45.9 Å². The van der Waals surface area contributed by atoms with Crippen molar-refractivity contribution in [3.05, 3.63) is 62.6 Å². The second kappa shape index (κ2) is 7.12. The molecule has 1 aromatic rings. The molecule has 8 nitrogen and oxygen atoms in total. The molecule has 0 aliphatic carbocycles. The zero-order valence-corrected chi connectivity index (χ0v) is 15.2. The minimum Gasteiger partial charge on any atom is -0.481 e. The summed E-state index contributed by atoms with van der Waals surface area (Å²) in [5.41, 5.74) is 0.675. The fraction of sp³-hybridized carbons (Fsp3) is 0.176. The van der Waals surface area contributed by atoms with E-state index >= 15 is 0 Å². The lowest BCUT2D eigenvalue weighted by atomic mass is 10.0. The number of nitrogens with zero attached hydrogens (tertiary/aromatic N) is 2. The summed E-state index contributed by atoms with van der Waals surface area (Å²) >= 11 is 3.37. The van der Waals surface area contributed by atoms with E-state index in [2.05, 4.69) is 26.1 Å². The van der Waals surface area contributed by atoms with Crippen molar-refractivity contribution in [2.24, 2.45) is 0 Å². The van der Waals surface area contributed by atoms with Gasteiger partial charge in [-0.3, -0.25) is 9.59 Å². The molecule has 9 heteroatoms. The Morgan fingerprint density at radius 3 is 2.81 bits per heavy atom. The number of halogens is 1. The zero-order chi connectivity index (χ0) is 18.8. The van der Waals surface area contributed by atoms with Crippen LogP contribution >= 0.6 is 15.9 Å². The second-order valence-electron chi connectivity index (χ2n) is 5.59. The van der Waals surface area contributed by atoms with Gasteiger partial charge in [-0.25, -0.2) is 9.89 Å². The van der Waals surface area contributed by atoms with Crippen molar-refractivity contribution in [3.63, 3.8) is 0 Å². The minimum absolute atomic E-state index is 0.0775. The first kappa shape index (κ1) is 17.9. The number of carboxylic acid groups (broad SMARTS) is 1. The van der Waals surface area contributed by atoms with Crippen LogP contribution in [0.4, 0.5) is 0 Å². The van der Waals surface area contributed by atoms with Crippen LogP contribution in [-0.4, -0.2) is 38.9 Å². The van der Waals surface area contributed by atoms with Gasteiger partial charge in [0.05, 0.1) is 25.1 Å². The van der Waals surface area contributed by atoms with E-state index in [1.807, 2.05) is 6.07 Å². The van der Waals surface area contributed by atoms with Crippen molar-refractivity contribution in [3.8, 4) is 11.3 Å². The molecule has 3 rings (SSSR count). The highest BCUT2D eigenvalue weighted by molar-refractivity contribution is 9.10. The molecule has 0 aromatic heterocycles. The number of methoxy groups -OCH3 is 1. The van der Waals surface area contributed by atoms with Gasteiger partial charge >= 0.3 is 11.9 Å². The quantitative estimate of drug-likeness (QED) is 0.613. The number of fused-ring (bicyclic) bond motifs is 1. The average molecular weight is 420 g/mol. The number of pyridine rings is 1. The number of aromatic amines is 1. The van der Waals surface area contributed by atoms with E-state index in [1.165, 1.54) is 24.1 Å². The van der Waals surface area contributed by atoms with Gasteiger partial charge < -0.3 is 14.4 Å². The normalized spacial score (nSPS) is 12.1. The Kier molecular flexibility index (Phi) is 4.90. The maximum absolute atomic E-state index is 12.1. The predicted octanol–water partition coefficient (Wildman–Crippen LogP) is 2.29. The number of carboxylic acids is 1. The van der Waals surface area contributed by atoms with Crippen LogP contribution in [0.5, 0.6) is 0 Å². The molecule has 0 fully saturated rings. The van der Waals surface area contributed by atoms with Crippen molar-refractivity contribution in [2.75, 3.05) is 7.11 Å². The molecule has 0 radical (unpaired) electrons. The molecule has 1 aromatic carbocycles. The van der Waals surface area contributed by atoms with Crippen molar-refractivity contribution in [1.82, 2.24) is 14.8 Å². The number of nitrogens with one attached hydrogen (secondary N) is 1. The van der Waals surface area contributed by atoms with Gasteiger partial charge in [-0.1, -0.05) is 28.1 Å². The molecule has 2 heterocycles. The molecule has 0 bridgehead atoms. The molecule has 0 spiro atoms. The number of rotatable bonds is 5. The number of esters is 1. The average Bonchev–Trinajstić information content (AvgIpc) is 2.99. The highest BCUT2D eigenvalue weighted by Gasteiger charge is 2.25. The lowest BCUT2D eigenvalue weighted by Gasteiger charge is -2.21. The van der Waals surface area contributed by atoms with Gasteiger partial charge in [-0.2, -0.15) is 5.10 Å². The number of H-pyrrole nitrogens is 1. The Morgan fingerprint density at radius 1 is 1.38 bits per heavy atom. The SMILES string of the molecule is COC(=O)c1cn([C@H](CC(=O)O)c2cccc(Br)c2)cc2c(=O)[nH]nc1-2. The monoisotopic (exact) mass is 419 g/mol. The molecule has 2 N–H and O–H groups in total. The van der Waals surface area contributed by atoms with Crippen LogP contribution in [0.25, 0.3) is 11.3 Å². The summed E-state index contributed by atoms with van der Waals surface area (Å²) < 4.78 is 7.08. The first-order valence-electron chi connectivity index (χ1n) is 7.56. The van der Waals surface area contributed by atoms with E-state index in [0.29, 0.717) is 5.56 Å². The fourth-order valence-corrected chi connectivity index (χ4v) is 3.19. The fourth-order valence-electron chi connectivity index (χ4n) is 2.77. The standard InChI is InChI=1S/C17H14BrN3O5/c1-26-17(25)12-8-21(7-11-15(12)19-20-16(11)24)13(6-14(22)23)9-3-2-4-10(18)5-9/h2-5,7-8,13H,6H2,1H3,(H,20,24)(H,22,23)/t13-/m1/s1. The molecule has 0 saturated carbocycles. The van der Waals surface area contributed by atoms with E-state index in [1.54, 1.807) is 18.2 Å². The Hall–Kier alpha value is -2.94. The number of aliphatic carboxylic acids is 1. The van der Waals surface area contributed by atoms with Crippen LogP contribution in [0.1, 0.15) is 28.4 Å². The number of hydrogen-bond acceptors (Lipinski definition) is 5. The number of hydrogen-bond donors (Lipinski definition) is 2. The zero-order valence-electron chi connectivity index (χ0n) is 13.6. The van der Waals surface area contributed by atoms with Gasteiger partial charge in [0.25, 0.3) is 5.56 Å². The molecular weight excluding hydrogens is 406 g/mol. The Morgan fingerprint density at radius 2 is 2.15 bits per heavy atom. The number of carbonyl (C=O) groups excluding carboxylic acids is 1. The number of carbonyl (C=O) groups is 2. The van der Waals surface area contributed by atoms with Gasteiger partial charge in [-0.05, 0) is 17.7 Å². The van der Waals surface area contributed by atoms with Crippen LogP contribution in [-0.2, 0) is 9.53 Å².